The topological polar surface area (TPSA) is 191 Å². The minimum Gasteiger partial charge on any atom is -0.394 e. The summed E-state index contributed by atoms with van der Waals surface area (Å²) in [5.41, 5.74) is 0. The Kier molecular flexibility index (Phi) is 7.56. The number of aldehydes is 1. The highest BCUT2D eigenvalue weighted by Gasteiger charge is 2.43. The van der Waals surface area contributed by atoms with Crippen molar-refractivity contribution in [3.63, 3.8) is 0 Å². The van der Waals surface area contributed by atoms with Crippen LogP contribution in [0.15, 0.2) is 0 Å². The van der Waals surface area contributed by atoms with Crippen molar-refractivity contribution >= 4 is 21.9 Å². The molecule has 0 aliphatic carbocycles. The predicted molar refractivity (Wildman–Crippen MR) is 57.9 cm³/mol. The largest absolute Gasteiger partial charge is 0.470 e. The van der Waals surface area contributed by atoms with Gasteiger partial charge in [0.05, 0.1) is 6.61 Å². The van der Waals surface area contributed by atoms with Crippen molar-refractivity contribution in [3.8, 4) is 0 Å². The van der Waals surface area contributed by atoms with Gasteiger partial charge in [0.15, 0.2) is 12.5 Å². The number of carbonyl (C=O) groups is 1. The zero-order chi connectivity index (χ0) is 16.1. The lowest BCUT2D eigenvalue weighted by Gasteiger charge is -2.30. The van der Waals surface area contributed by atoms with Gasteiger partial charge in [-0.25, -0.2) is 13.5 Å². The number of aliphatic hydroxyl groups is 2. The maximum absolute atomic E-state index is 13.3. The summed E-state index contributed by atoms with van der Waals surface area (Å²) in [7, 11) is -10.7. The molecule has 0 fully saturated rings. The molecule has 0 bridgehead atoms. The maximum atomic E-state index is 13.3. The molecular formula is C6H13FO11P2. The van der Waals surface area contributed by atoms with Gasteiger partial charge in [0.25, 0.3) is 0 Å². The van der Waals surface area contributed by atoms with E-state index in [1.165, 1.54) is 0 Å². The third-order valence-electron chi connectivity index (χ3n) is 1.85. The number of carbonyl (C=O) groups excluding carboxylic acids is 1. The van der Waals surface area contributed by atoms with Crippen LogP contribution >= 0.6 is 15.6 Å². The molecule has 0 saturated heterocycles. The van der Waals surface area contributed by atoms with Crippen LogP contribution in [0.4, 0.5) is 4.39 Å². The third-order valence-corrected chi connectivity index (χ3v) is 2.89. The standard InChI is InChI=1S/C6H13FO11P2/c7-3(1-8)5(17-19(11,12)13)6(4(10)2-9)18-20(14,15)16/h1,3-6,9-10H,2H2,(H2,11,12,13)(H2,14,15,16)/t3-,4+,5+,6+/m0/s1. The number of phosphoric ester groups is 2. The molecule has 0 aliphatic rings. The first-order valence-corrected chi connectivity index (χ1v) is 7.83. The Morgan fingerprint density at radius 3 is 1.75 bits per heavy atom. The Balaban J connectivity index is 5.44. The number of rotatable bonds is 9. The number of halogens is 1. The number of alkyl halides is 1. The first-order chi connectivity index (χ1) is 8.91. The fourth-order valence-corrected chi connectivity index (χ4v) is 2.28. The van der Waals surface area contributed by atoms with Gasteiger partial charge in [0, 0.05) is 0 Å². The van der Waals surface area contributed by atoms with Crippen LogP contribution < -0.4 is 0 Å². The summed E-state index contributed by atoms with van der Waals surface area (Å²) in [6, 6.07) is 0. The van der Waals surface area contributed by atoms with E-state index in [4.69, 9.17) is 24.7 Å². The molecule has 4 atom stereocenters. The fourth-order valence-electron chi connectivity index (χ4n) is 1.15. The van der Waals surface area contributed by atoms with E-state index in [1.54, 1.807) is 0 Å². The Bertz CT molecular complexity index is 404. The normalized spacial score (nSPS) is 19.1. The van der Waals surface area contributed by atoms with E-state index < -0.39 is 53.0 Å². The zero-order valence-electron chi connectivity index (χ0n) is 9.59. The predicted octanol–water partition coefficient (Wildman–Crippen LogP) is -2.17. The van der Waals surface area contributed by atoms with Crippen LogP contribution in [0, 0.1) is 0 Å². The number of aliphatic hydroxyl groups excluding tert-OH is 2. The van der Waals surface area contributed by atoms with Gasteiger partial charge in [-0.3, -0.25) is 9.05 Å². The van der Waals surface area contributed by atoms with Gasteiger partial charge < -0.3 is 34.6 Å². The Morgan fingerprint density at radius 1 is 1.05 bits per heavy atom. The molecule has 0 aromatic rings. The lowest BCUT2D eigenvalue weighted by molar-refractivity contribution is -0.124. The van der Waals surface area contributed by atoms with E-state index in [1.807, 2.05) is 0 Å². The molecule has 0 amide bonds. The highest BCUT2D eigenvalue weighted by Crippen LogP contribution is 2.44. The molecule has 0 unspecified atom stereocenters. The van der Waals surface area contributed by atoms with E-state index in [0.29, 0.717) is 0 Å². The summed E-state index contributed by atoms with van der Waals surface area (Å²) < 4.78 is 42.3. The summed E-state index contributed by atoms with van der Waals surface area (Å²) >= 11 is 0. The highest BCUT2D eigenvalue weighted by molar-refractivity contribution is 7.46. The first-order valence-electron chi connectivity index (χ1n) is 4.77. The van der Waals surface area contributed by atoms with Gasteiger partial charge in [-0.05, 0) is 0 Å². The second kappa shape index (κ2) is 7.66. The molecule has 20 heavy (non-hydrogen) atoms. The lowest BCUT2D eigenvalue weighted by atomic mass is 10.1. The quantitative estimate of drug-likeness (QED) is 0.197. The number of hydrogen-bond acceptors (Lipinski definition) is 7. The van der Waals surface area contributed by atoms with Crippen molar-refractivity contribution in [1.82, 2.24) is 0 Å². The van der Waals surface area contributed by atoms with E-state index in [-0.39, 0.29) is 0 Å². The molecule has 120 valence electrons. The van der Waals surface area contributed by atoms with Crippen LogP contribution in [0.5, 0.6) is 0 Å². The molecule has 0 aliphatic heterocycles. The van der Waals surface area contributed by atoms with E-state index in [2.05, 4.69) is 9.05 Å². The molecule has 6 N–H and O–H groups in total. The number of phosphoric acid groups is 2. The van der Waals surface area contributed by atoms with Gasteiger partial charge in [0.1, 0.15) is 18.3 Å². The summed E-state index contributed by atoms with van der Waals surface area (Å²) in [5, 5.41) is 17.9. The molecule has 0 aromatic carbocycles. The fraction of sp³-hybridized carbons (Fsp3) is 0.833. The molecule has 0 rings (SSSR count). The van der Waals surface area contributed by atoms with Crippen LogP contribution in [0.3, 0.4) is 0 Å². The van der Waals surface area contributed by atoms with Crippen molar-refractivity contribution in [1.29, 1.82) is 0 Å². The van der Waals surface area contributed by atoms with Crippen molar-refractivity contribution < 1.29 is 57.1 Å². The smallest absolute Gasteiger partial charge is 0.394 e. The second-order valence-corrected chi connectivity index (χ2v) is 5.84. The SMILES string of the molecule is O=C[C@H](F)[C@@H](OP(=O)(O)O)[C@H](OP(=O)(O)O)[C@H](O)CO. The molecule has 11 nitrogen and oxygen atoms in total. The second-order valence-electron chi connectivity index (χ2n) is 3.45. The van der Waals surface area contributed by atoms with Crippen molar-refractivity contribution in [2.24, 2.45) is 0 Å². The summed E-state index contributed by atoms with van der Waals surface area (Å²) in [4.78, 5) is 44.5. The Labute approximate surface area is 111 Å². The number of hydrogen-bond donors (Lipinski definition) is 6. The Morgan fingerprint density at radius 2 is 1.45 bits per heavy atom. The van der Waals surface area contributed by atoms with E-state index >= 15 is 0 Å². The summed E-state index contributed by atoms with van der Waals surface area (Å²) in [6.45, 7) is -1.21. The van der Waals surface area contributed by atoms with Crippen LogP contribution in [-0.4, -0.2) is 67.2 Å². The molecule has 0 radical (unpaired) electrons. The minimum absolute atomic E-state index is 0.486. The first kappa shape index (κ1) is 19.7. The van der Waals surface area contributed by atoms with Crippen molar-refractivity contribution in [2.75, 3.05) is 6.61 Å². The molecule has 0 aromatic heterocycles. The maximum Gasteiger partial charge on any atom is 0.470 e. The van der Waals surface area contributed by atoms with Crippen LogP contribution in [0.25, 0.3) is 0 Å². The van der Waals surface area contributed by atoms with Crippen molar-refractivity contribution in [3.05, 3.63) is 0 Å². The molecular weight excluding hydrogens is 329 g/mol. The molecule has 0 spiro atoms. The average molecular weight is 342 g/mol. The van der Waals surface area contributed by atoms with Crippen LogP contribution in [0.1, 0.15) is 0 Å². The van der Waals surface area contributed by atoms with Crippen molar-refractivity contribution in [2.45, 2.75) is 24.5 Å². The van der Waals surface area contributed by atoms with Gasteiger partial charge in [-0.2, -0.15) is 0 Å². The average Bonchev–Trinajstić information content (AvgIpc) is 2.29. The lowest BCUT2D eigenvalue weighted by Crippen LogP contribution is -2.47. The summed E-state index contributed by atoms with van der Waals surface area (Å²) in [6.07, 6.45) is -10.4. The Hall–Kier alpha value is -0.260. The van der Waals surface area contributed by atoms with E-state index in [0.717, 1.165) is 0 Å². The van der Waals surface area contributed by atoms with Crippen LogP contribution in [0.2, 0.25) is 0 Å². The highest BCUT2D eigenvalue weighted by atomic mass is 31.2. The van der Waals surface area contributed by atoms with Gasteiger partial charge >= 0.3 is 15.6 Å². The molecule has 0 heterocycles. The van der Waals surface area contributed by atoms with Crippen LogP contribution in [-0.2, 0) is 23.0 Å². The monoisotopic (exact) mass is 342 g/mol. The van der Waals surface area contributed by atoms with Gasteiger partial charge in [-0.1, -0.05) is 0 Å². The van der Waals surface area contributed by atoms with Gasteiger partial charge in [0.2, 0.25) is 0 Å². The third kappa shape index (κ3) is 7.50. The van der Waals surface area contributed by atoms with Gasteiger partial charge in [-0.15, -0.1) is 0 Å². The summed E-state index contributed by atoms with van der Waals surface area (Å²) in [5.74, 6) is 0. The molecule has 14 heteroatoms. The molecule has 0 saturated carbocycles. The van der Waals surface area contributed by atoms with E-state index in [9.17, 15) is 23.4 Å². The minimum atomic E-state index is -5.38. The zero-order valence-corrected chi connectivity index (χ0v) is 11.4.